The van der Waals surface area contributed by atoms with Crippen LogP contribution < -0.4 is 4.74 Å². The lowest BCUT2D eigenvalue weighted by atomic mass is 10.4. The van der Waals surface area contributed by atoms with E-state index in [4.69, 9.17) is 9.84 Å². The lowest BCUT2D eigenvalue weighted by Gasteiger charge is -2.00. The summed E-state index contributed by atoms with van der Waals surface area (Å²) < 4.78 is 5.29. The Hall–Kier alpha value is -1.65. The van der Waals surface area contributed by atoms with Crippen LogP contribution in [0.5, 0.6) is 5.88 Å². The van der Waals surface area contributed by atoms with E-state index in [1.54, 1.807) is 0 Å². The fourth-order valence-electron chi connectivity index (χ4n) is 0.854. The predicted molar refractivity (Wildman–Crippen MR) is 42.6 cm³/mol. The third-order valence-corrected chi connectivity index (χ3v) is 1.67. The van der Waals surface area contributed by atoms with Gasteiger partial charge >= 0.3 is 5.97 Å². The highest BCUT2D eigenvalue weighted by atomic mass is 16.5. The van der Waals surface area contributed by atoms with Gasteiger partial charge in [0.2, 0.25) is 5.88 Å². The smallest absolute Gasteiger partial charge is 0.356 e. The largest absolute Gasteiger partial charge is 0.476 e. The minimum absolute atomic E-state index is 0.0665. The molecule has 1 aromatic heterocycles. The predicted octanol–water partition coefficient (Wildman–Crippen LogP) is 0.716. The lowest BCUT2D eigenvalue weighted by Crippen LogP contribution is -2.04. The van der Waals surface area contributed by atoms with E-state index in [9.17, 15) is 4.79 Å². The van der Waals surface area contributed by atoms with Crippen LogP contribution >= 0.6 is 0 Å². The van der Waals surface area contributed by atoms with Crippen molar-refractivity contribution in [2.45, 2.75) is 18.9 Å². The van der Waals surface area contributed by atoms with E-state index in [0.717, 1.165) is 12.8 Å². The Labute approximate surface area is 74.4 Å². The molecule has 1 N–H and O–H groups in total. The maximum atomic E-state index is 10.4. The standard InChI is InChI=1S/C8H8N2O3/c11-8(12)6-3-4-7(10-9-6)13-5-1-2-5/h3-5H,1-2H2,(H,11,12). The zero-order chi connectivity index (χ0) is 9.26. The molecule has 1 aliphatic rings. The molecular formula is C8H8N2O3. The molecule has 0 aliphatic heterocycles. The number of nitrogens with zero attached hydrogens (tertiary/aromatic N) is 2. The van der Waals surface area contributed by atoms with Crippen LogP contribution in [0.4, 0.5) is 0 Å². The number of ether oxygens (including phenoxy) is 1. The molecule has 1 aromatic rings. The molecule has 1 saturated carbocycles. The average Bonchev–Trinajstić information content (AvgIpc) is 2.89. The van der Waals surface area contributed by atoms with Crippen LogP contribution in [0.3, 0.4) is 0 Å². The Morgan fingerprint density at radius 2 is 2.23 bits per heavy atom. The molecule has 0 amide bonds. The summed E-state index contributed by atoms with van der Waals surface area (Å²) >= 11 is 0. The van der Waals surface area contributed by atoms with Gasteiger partial charge in [-0.1, -0.05) is 0 Å². The Morgan fingerprint density at radius 1 is 1.46 bits per heavy atom. The van der Waals surface area contributed by atoms with Gasteiger partial charge in [0.15, 0.2) is 5.69 Å². The summed E-state index contributed by atoms with van der Waals surface area (Å²) in [5.41, 5.74) is -0.0665. The summed E-state index contributed by atoms with van der Waals surface area (Å²) in [5.74, 6) is -0.682. The summed E-state index contributed by atoms with van der Waals surface area (Å²) in [6.45, 7) is 0. The van der Waals surface area contributed by atoms with Crippen molar-refractivity contribution in [1.82, 2.24) is 10.2 Å². The van der Waals surface area contributed by atoms with Crippen LogP contribution in [0.15, 0.2) is 12.1 Å². The fourth-order valence-corrected chi connectivity index (χ4v) is 0.854. The van der Waals surface area contributed by atoms with Crippen molar-refractivity contribution in [2.75, 3.05) is 0 Å². The second-order valence-electron chi connectivity index (χ2n) is 2.88. The molecule has 0 aromatic carbocycles. The number of carboxylic acids is 1. The van der Waals surface area contributed by atoms with E-state index in [1.807, 2.05) is 0 Å². The molecule has 1 heterocycles. The molecule has 1 aliphatic carbocycles. The summed E-state index contributed by atoms with van der Waals surface area (Å²) in [6, 6.07) is 2.90. The van der Waals surface area contributed by atoms with Crippen LogP contribution in [-0.4, -0.2) is 27.4 Å². The average molecular weight is 180 g/mol. The number of aromatic nitrogens is 2. The molecule has 68 valence electrons. The van der Waals surface area contributed by atoms with E-state index in [0.29, 0.717) is 5.88 Å². The van der Waals surface area contributed by atoms with Gasteiger partial charge in [0.05, 0.1) is 0 Å². The quantitative estimate of drug-likeness (QED) is 0.741. The van der Waals surface area contributed by atoms with Crippen molar-refractivity contribution >= 4 is 5.97 Å². The molecule has 0 bridgehead atoms. The van der Waals surface area contributed by atoms with Gasteiger partial charge in [-0.25, -0.2) is 4.79 Å². The fraction of sp³-hybridized carbons (Fsp3) is 0.375. The number of hydrogen-bond acceptors (Lipinski definition) is 4. The third kappa shape index (κ3) is 1.93. The van der Waals surface area contributed by atoms with Gasteiger partial charge in [0.1, 0.15) is 6.10 Å². The molecule has 13 heavy (non-hydrogen) atoms. The topological polar surface area (TPSA) is 72.3 Å². The monoisotopic (exact) mass is 180 g/mol. The Balaban J connectivity index is 2.08. The Morgan fingerprint density at radius 3 is 2.69 bits per heavy atom. The van der Waals surface area contributed by atoms with Gasteiger partial charge in [-0.05, 0) is 18.9 Å². The molecule has 0 spiro atoms. The molecule has 2 rings (SSSR count). The molecule has 5 nitrogen and oxygen atoms in total. The van der Waals surface area contributed by atoms with E-state index in [1.165, 1.54) is 12.1 Å². The third-order valence-electron chi connectivity index (χ3n) is 1.67. The van der Waals surface area contributed by atoms with Crippen molar-refractivity contribution in [3.05, 3.63) is 17.8 Å². The highest BCUT2D eigenvalue weighted by Crippen LogP contribution is 2.24. The molecule has 0 radical (unpaired) electrons. The van der Waals surface area contributed by atoms with Crippen LogP contribution in [0.25, 0.3) is 0 Å². The first-order valence-electron chi connectivity index (χ1n) is 3.99. The Kier molecular flexibility index (Phi) is 1.84. The summed E-state index contributed by atoms with van der Waals surface area (Å²) in [6.07, 6.45) is 2.34. The normalized spacial score (nSPS) is 15.4. The van der Waals surface area contributed by atoms with Gasteiger partial charge in [-0.2, -0.15) is 0 Å². The molecule has 1 fully saturated rings. The molecular weight excluding hydrogens is 172 g/mol. The van der Waals surface area contributed by atoms with Crippen molar-refractivity contribution in [1.29, 1.82) is 0 Å². The highest BCUT2D eigenvalue weighted by Gasteiger charge is 2.24. The number of aromatic carboxylic acids is 1. The zero-order valence-electron chi connectivity index (χ0n) is 6.80. The van der Waals surface area contributed by atoms with E-state index >= 15 is 0 Å². The maximum absolute atomic E-state index is 10.4. The zero-order valence-corrected chi connectivity index (χ0v) is 6.80. The maximum Gasteiger partial charge on any atom is 0.356 e. The van der Waals surface area contributed by atoms with Crippen LogP contribution in [-0.2, 0) is 0 Å². The summed E-state index contributed by atoms with van der Waals surface area (Å²) in [7, 11) is 0. The van der Waals surface area contributed by atoms with Crippen molar-refractivity contribution in [3.63, 3.8) is 0 Å². The van der Waals surface area contributed by atoms with Crippen LogP contribution in [0.2, 0.25) is 0 Å². The molecule has 0 unspecified atom stereocenters. The first-order valence-corrected chi connectivity index (χ1v) is 3.99. The van der Waals surface area contributed by atoms with Gasteiger partial charge in [-0.15, -0.1) is 10.2 Å². The van der Waals surface area contributed by atoms with E-state index in [2.05, 4.69) is 10.2 Å². The summed E-state index contributed by atoms with van der Waals surface area (Å²) in [5, 5.41) is 15.6. The minimum atomic E-state index is -1.08. The van der Waals surface area contributed by atoms with Crippen LogP contribution in [0, 0.1) is 0 Å². The summed E-state index contributed by atoms with van der Waals surface area (Å²) in [4.78, 5) is 10.4. The SMILES string of the molecule is O=C(O)c1ccc(OC2CC2)nn1. The van der Waals surface area contributed by atoms with Crippen LogP contribution in [0.1, 0.15) is 23.3 Å². The van der Waals surface area contributed by atoms with Gasteiger partial charge in [0, 0.05) is 6.07 Å². The second-order valence-corrected chi connectivity index (χ2v) is 2.88. The van der Waals surface area contributed by atoms with Crippen molar-refractivity contribution in [3.8, 4) is 5.88 Å². The first kappa shape index (κ1) is 7.97. The second kappa shape index (κ2) is 3.01. The van der Waals surface area contributed by atoms with E-state index in [-0.39, 0.29) is 11.8 Å². The highest BCUT2D eigenvalue weighted by molar-refractivity contribution is 5.84. The molecule has 0 atom stereocenters. The molecule has 5 heteroatoms. The van der Waals surface area contributed by atoms with Gasteiger partial charge < -0.3 is 9.84 Å². The van der Waals surface area contributed by atoms with Crippen molar-refractivity contribution in [2.24, 2.45) is 0 Å². The number of rotatable bonds is 3. The number of carbonyl (C=O) groups is 1. The lowest BCUT2D eigenvalue weighted by molar-refractivity contribution is 0.0689. The van der Waals surface area contributed by atoms with Gasteiger partial charge in [0.25, 0.3) is 0 Å². The number of hydrogen-bond donors (Lipinski definition) is 1. The first-order chi connectivity index (χ1) is 6.25. The number of carboxylic acid groups (broad SMARTS) is 1. The van der Waals surface area contributed by atoms with Crippen molar-refractivity contribution < 1.29 is 14.6 Å². The van der Waals surface area contributed by atoms with E-state index < -0.39 is 5.97 Å². The minimum Gasteiger partial charge on any atom is -0.476 e. The molecule has 0 saturated heterocycles. The Bertz CT molecular complexity index is 319. The van der Waals surface area contributed by atoms with Gasteiger partial charge in [-0.3, -0.25) is 0 Å².